The minimum atomic E-state index is -0.760. The molecule has 0 bridgehead atoms. The second-order valence-corrected chi connectivity index (χ2v) is 10.7. The zero-order chi connectivity index (χ0) is 27.7. The summed E-state index contributed by atoms with van der Waals surface area (Å²) in [6, 6.07) is 18.1. The highest BCUT2D eigenvalue weighted by molar-refractivity contribution is 14.1. The van der Waals surface area contributed by atoms with Crippen molar-refractivity contribution in [3.8, 4) is 23.1 Å². The summed E-state index contributed by atoms with van der Waals surface area (Å²) in [6.07, 6.45) is 0.811. The molecule has 39 heavy (non-hydrogen) atoms. The molecule has 2 heterocycles. The van der Waals surface area contributed by atoms with Crippen LogP contribution in [0, 0.1) is 7.14 Å². The number of nitrogens with zero attached hydrogens (tertiary/aromatic N) is 3. The van der Waals surface area contributed by atoms with Crippen molar-refractivity contribution < 1.29 is 23.4 Å². The fourth-order valence-corrected chi connectivity index (χ4v) is 6.07. The van der Waals surface area contributed by atoms with Gasteiger partial charge in [0.15, 0.2) is 11.9 Å². The topological polar surface area (TPSA) is 105 Å². The van der Waals surface area contributed by atoms with Gasteiger partial charge in [0.05, 0.1) is 43.9 Å². The number of carbonyl (C=O) groups excluding carboxylic acids is 1. The number of benzene rings is 3. The summed E-state index contributed by atoms with van der Waals surface area (Å²) in [5, 5.41) is 5.72. The molecule has 0 radical (unpaired) electrons. The molecular weight excluding hydrogens is 728 g/mol. The Morgan fingerprint density at radius 2 is 1.79 bits per heavy atom. The van der Waals surface area contributed by atoms with Crippen molar-refractivity contribution in [2.45, 2.75) is 13.0 Å². The molecule has 0 spiro atoms. The molecule has 0 fully saturated rings. The number of halogens is 2. The summed E-state index contributed by atoms with van der Waals surface area (Å²) in [6.45, 7) is 1.63. The Morgan fingerprint density at radius 3 is 2.51 bits per heavy atom. The third-order valence-corrected chi connectivity index (χ3v) is 7.49. The smallest absolute Gasteiger partial charge is 0.346 e. The number of esters is 1. The zero-order valence-corrected chi connectivity index (χ0v) is 25.3. The number of fused-ring (bicyclic) bond motifs is 2. The van der Waals surface area contributed by atoms with Crippen LogP contribution in [0.4, 0.5) is 0 Å². The van der Waals surface area contributed by atoms with E-state index in [-0.39, 0.29) is 11.4 Å². The van der Waals surface area contributed by atoms with Crippen molar-refractivity contribution >= 4 is 79.2 Å². The van der Waals surface area contributed by atoms with Crippen LogP contribution in [0.15, 0.2) is 75.0 Å². The molecule has 0 aliphatic rings. The molecule has 1 atom stereocenters. The van der Waals surface area contributed by atoms with Gasteiger partial charge in [-0.25, -0.2) is 9.78 Å². The Balaban J connectivity index is 1.60. The molecule has 5 rings (SSSR count). The lowest BCUT2D eigenvalue weighted by Gasteiger charge is -2.15. The number of carbonyl (C=O) groups is 1. The summed E-state index contributed by atoms with van der Waals surface area (Å²) in [7, 11) is 2.91. The van der Waals surface area contributed by atoms with Gasteiger partial charge in [-0.3, -0.25) is 4.79 Å². The van der Waals surface area contributed by atoms with Gasteiger partial charge in [-0.15, -0.1) is 0 Å². The summed E-state index contributed by atoms with van der Waals surface area (Å²) in [5.41, 5.74) is 1.51. The van der Waals surface area contributed by atoms with Gasteiger partial charge >= 0.3 is 5.97 Å². The number of ether oxygens (including phenoxy) is 3. The fraction of sp³-hybridized carbons (Fsp3) is 0.143. The first kappa shape index (κ1) is 27.1. The van der Waals surface area contributed by atoms with Gasteiger partial charge < -0.3 is 18.6 Å². The van der Waals surface area contributed by atoms with E-state index < -0.39 is 12.1 Å². The predicted molar refractivity (Wildman–Crippen MR) is 165 cm³/mol. The third kappa shape index (κ3) is 5.37. The van der Waals surface area contributed by atoms with Crippen LogP contribution in [0.3, 0.4) is 0 Å². The molecule has 0 unspecified atom stereocenters. The monoisotopic (exact) mass is 749 g/mol. The van der Waals surface area contributed by atoms with Crippen LogP contribution in [0.1, 0.15) is 12.5 Å². The second-order valence-electron chi connectivity index (χ2n) is 8.39. The molecule has 3 aromatic carbocycles. The highest BCUT2D eigenvalue weighted by Gasteiger charge is 2.20. The predicted octanol–water partition coefficient (Wildman–Crippen LogP) is 5.85. The van der Waals surface area contributed by atoms with E-state index in [0.29, 0.717) is 33.7 Å². The summed E-state index contributed by atoms with van der Waals surface area (Å²) < 4.78 is 24.9. The highest BCUT2D eigenvalue weighted by atomic mass is 127. The number of furan rings is 1. The van der Waals surface area contributed by atoms with Crippen LogP contribution >= 0.6 is 45.2 Å². The summed E-state index contributed by atoms with van der Waals surface area (Å²) >= 11 is 4.26. The largest absolute Gasteiger partial charge is 0.496 e. The van der Waals surface area contributed by atoms with Gasteiger partial charge in [0.1, 0.15) is 17.1 Å². The zero-order valence-electron chi connectivity index (χ0n) is 21.0. The van der Waals surface area contributed by atoms with E-state index >= 15 is 0 Å². The molecule has 0 N–H and O–H groups in total. The Labute approximate surface area is 250 Å². The molecular formula is C28H21I2N3O6. The van der Waals surface area contributed by atoms with Crippen LogP contribution in [0.25, 0.3) is 33.5 Å². The van der Waals surface area contributed by atoms with Gasteiger partial charge in [0.2, 0.25) is 5.82 Å². The van der Waals surface area contributed by atoms with Gasteiger partial charge in [0.25, 0.3) is 5.56 Å². The maximum absolute atomic E-state index is 13.6. The van der Waals surface area contributed by atoms with Crippen LogP contribution in [0.5, 0.6) is 11.5 Å². The summed E-state index contributed by atoms with van der Waals surface area (Å²) in [4.78, 5) is 30.1. The van der Waals surface area contributed by atoms with E-state index in [2.05, 4.69) is 50.3 Å². The minimum Gasteiger partial charge on any atom is -0.496 e. The minimum absolute atomic E-state index is 0.254. The van der Waals surface area contributed by atoms with Crippen molar-refractivity contribution in [1.29, 1.82) is 0 Å². The number of para-hydroxylation sites is 1. The Hall–Kier alpha value is -3.46. The maximum Gasteiger partial charge on any atom is 0.346 e. The van der Waals surface area contributed by atoms with Crippen LogP contribution < -0.4 is 15.0 Å². The van der Waals surface area contributed by atoms with Gasteiger partial charge in [-0.1, -0.05) is 18.2 Å². The fourth-order valence-electron chi connectivity index (χ4n) is 3.99. The van der Waals surface area contributed by atoms with Crippen LogP contribution in [-0.4, -0.2) is 42.2 Å². The van der Waals surface area contributed by atoms with E-state index in [1.807, 2.05) is 36.4 Å². The lowest BCUT2D eigenvalue weighted by molar-refractivity contribution is -0.147. The molecule has 11 heteroatoms. The van der Waals surface area contributed by atoms with Crippen molar-refractivity contribution in [3.05, 3.63) is 83.7 Å². The molecule has 9 nitrogen and oxygen atoms in total. The Bertz CT molecular complexity index is 1790. The SMILES string of the molecule is COC(=O)[C@@H](C)Oc1c(I)cc(C=Nn2c(-c3cc4c(OC)cccc4o3)nc3ccccc3c2=O)cc1I. The lowest BCUT2D eigenvalue weighted by atomic mass is 10.2. The Morgan fingerprint density at radius 1 is 1.05 bits per heavy atom. The van der Waals surface area contributed by atoms with Gasteiger partial charge in [-0.05, 0) is 100 Å². The van der Waals surface area contributed by atoms with Crippen LogP contribution in [-0.2, 0) is 9.53 Å². The molecule has 0 aliphatic heterocycles. The maximum atomic E-state index is 13.6. The standard InChI is InChI=1S/C28H21I2N3O6/c1-15(28(35)37-3)38-25-19(29)11-16(12-20(25)30)14-31-33-26(32-21-8-5-4-7-17(21)27(33)34)24-13-18-22(36-2)9-6-10-23(18)39-24/h4-15H,1-3H3/t15-/m1/s1. The van der Waals surface area contributed by atoms with E-state index in [1.54, 1.807) is 44.5 Å². The number of methoxy groups -OCH3 is 2. The number of aromatic nitrogens is 2. The first-order valence-electron chi connectivity index (χ1n) is 11.7. The average molecular weight is 749 g/mol. The molecule has 0 aliphatic carbocycles. The normalized spacial score (nSPS) is 12.2. The molecule has 5 aromatic rings. The third-order valence-electron chi connectivity index (χ3n) is 5.89. The number of hydrogen-bond acceptors (Lipinski definition) is 8. The first-order valence-corrected chi connectivity index (χ1v) is 13.8. The quantitative estimate of drug-likeness (QED) is 0.117. The highest BCUT2D eigenvalue weighted by Crippen LogP contribution is 2.33. The first-order chi connectivity index (χ1) is 18.8. The molecule has 198 valence electrons. The molecule has 0 saturated heterocycles. The van der Waals surface area contributed by atoms with E-state index in [4.69, 9.17) is 23.6 Å². The second kappa shape index (κ2) is 11.3. The van der Waals surface area contributed by atoms with Gasteiger partial charge in [0, 0.05) is 0 Å². The van der Waals surface area contributed by atoms with Crippen molar-refractivity contribution in [1.82, 2.24) is 9.66 Å². The van der Waals surface area contributed by atoms with Gasteiger partial charge in [-0.2, -0.15) is 9.78 Å². The number of hydrogen-bond donors (Lipinski definition) is 0. The molecule has 0 amide bonds. The molecule has 2 aromatic heterocycles. The van der Waals surface area contributed by atoms with Crippen LogP contribution in [0.2, 0.25) is 0 Å². The van der Waals surface area contributed by atoms with E-state index in [0.717, 1.165) is 18.1 Å². The average Bonchev–Trinajstić information content (AvgIpc) is 3.38. The Kier molecular flexibility index (Phi) is 7.88. The lowest BCUT2D eigenvalue weighted by Crippen LogP contribution is -2.25. The van der Waals surface area contributed by atoms with E-state index in [9.17, 15) is 9.59 Å². The number of rotatable bonds is 7. The van der Waals surface area contributed by atoms with E-state index in [1.165, 1.54) is 11.8 Å². The van der Waals surface area contributed by atoms with Crippen molar-refractivity contribution in [3.63, 3.8) is 0 Å². The molecule has 0 saturated carbocycles. The summed E-state index contributed by atoms with van der Waals surface area (Å²) in [5.74, 6) is 1.37. The van der Waals surface area contributed by atoms with Crippen molar-refractivity contribution in [2.24, 2.45) is 5.10 Å². The van der Waals surface area contributed by atoms with Crippen molar-refractivity contribution in [2.75, 3.05) is 14.2 Å².